The van der Waals surface area contributed by atoms with Crippen molar-refractivity contribution in [3.05, 3.63) is 34.3 Å². The quantitative estimate of drug-likeness (QED) is 0.839. The lowest BCUT2D eigenvalue weighted by molar-refractivity contribution is -0.131. The Balaban J connectivity index is 2.07. The highest BCUT2D eigenvalue weighted by atomic mass is 79.9. The Hall–Kier alpha value is -1.56. The van der Waals surface area contributed by atoms with Crippen LogP contribution < -0.4 is 11.1 Å². The largest absolute Gasteiger partial charge is 0.352 e. The van der Waals surface area contributed by atoms with Crippen molar-refractivity contribution in [2.24, 2.45) is 11.7 Å². The average molecular weight is 382 g/mol. The molecule has 5 nitrogen and oxygen atoms in total. The van der Waals surface area contributed by atoms with E-state index in [0.717, 1.165) is 36.0 Å². The monoisotopic (exact) mass is 381 g/mol. The molecule has 0 spiro atoms. The van der Waals surface area contributed by atoms with Gasteiger partial charge in [-0.15, -0.1) is 0 Å². The van der Waals surface area contributed by atoms with Crippen LogP contribution in [0.4, 0.5) is 4.79 Å². The van der Waals surface area contributed by atoms with Gasteiger partial charge in [0.2, 0.25) is 5.91 Å². The number of halogens is 1. The van der Waals surface area contributed by atoms with E-state index in [0.29, 0.717) is 5.92 Å². The van der Waals surface area contributed by atoms with E-state index in [1.54, 1.807) is 0 Å². The van der Waals surface area contributed by atoms with Crippen LogP contribution in [0.25, 0.3) is 0 Å². The summed E-state index contributed by atoms with van der Waals surface area (Å²) in [5.74, 6) is 0.732. The van der Waals surface area contributed by atoms with Gasteiger partial charge in [0, 0.05) is 17.6 Å². The summed E-state index contributed by atoms with van der Waals surface area (Å²) in [5, 5.41) is 2.69. The minimum absolute atomic E-state index is 0.0674. The molecular formula is C17H24BrN3O2. The Morgan fingerprint density at radius 2 is 2.17 bits per heavy atom. The van der Waals surface area contributed by atoms with Gasteiger partial charge in [-0.05, 0) is 42.9 Å². The smallest absolute Gasteiger partial charge is 0.312 e. The van der Waals surface area contributed by atoms with Gasteiger partial charge in [-0.3, -0.25) is 4.79 Å². The van der Waals surface area contributed by atoms with Gasteiger partial charge in [0.25, 0.3) is 0 Å². The van der Waals surface area contributed by atoms with E-state index >= 15 is 0 Å². The highest BCUT2D eigenvalue weighted by Crippen LogP contribution is 2.23. The molecule has 0 aliphatic carbocycles. The first kappa shape index (κ1) is 17.8. The number of hydrogen-bond donors (Lipinski definition) is 2. The van der Waals surface area contributed by atoms with Crippen LogP contribution in [0.2, 0.25) is 0 Å². The number of carbonyl (C=O) groups is 2. The molecule has 1 saturated heterocycles. The average Bonchev–Trinajstić information content (AvgIpc) is 2.71. The fourth-order valence-corrected chi connectivity index (χ4v) is 3.38. The van der Waals surface area contributed by atoms with Crippen molar-refractivity contribution in [2.75, 3.05) is 13.1 Å². The zero-order valence-corrected chi connectivity index (χ0v) is 15.0. The number of primary amides is 1. The number of likely N-dealkylation sites (tertiary alicyclic amines) is 1. The minimum Gasteiger partial charge on any atom is -0.352 e. The molecule has 1 aliphatic heterocycles. The molecule has 0 unspecified atom stereocenters. The van der Waals surface area contributed by atoms with Gasteiger partial charge in [-0.2, -0.15) is 0 Å². The third-order valence-corrected chi connectivity index (χ3v) is 4.81. The molecule has 6 heteroatoms. The Bertz CT molecular complexity index is 565. The van der Waals surface area contributed by atoms with Crippen molar-refractivity contribution in [2.45, 2.75) is 38.6 Å². The van der Waals surface area contributed by atoms with Crippen molar-refractivity contribution in [1.29, 1.82) is 0 Å². The molecule has 2 rings (SSSR count). The van der Waals surface area contributed by atoms with Crippen LogP contribution in [0.1, 0.15) is 44.2 Å². The van der Waals surface area contributed by atoms with Gasteiger partial charge in [0.15, 0.2) is 0 Å². The fraction of sp³-hybridized carbons (Fsp3) is 0.529. The number of benzene rings is 1. The molecule has 3 amide bonds. The SMILES string of the molecule is C[C@@H]1CCCN(C(=O)C[C@@H](NC(N)=O)c2cccc(Br)c2)CC1. The van der Waals surface area contributed by atoms with Gasteiger partial charge in [-0.25, -0.2) is 4.79 Å². The van der Waals surface area contributed by atoms with E-state index in [-0.39, 0.29) is 12.3 Å². The summed E-state index contributed by atoms with van der Waals surface area (Å²) < 4.78 is 0.905. The van der Waals surface area contributed by atoms with Crippen LogP contribution in [0.15, 0.2) is 28.7 Å². The summed E-state index contributed by atoms with van der Waals surface area (Å²) >= 11 is 3.42. The van der Waals surface area contributed by atoms with Crippen molar-refractivity contribution in [1.82, 2.24) is 10.2 Å². The van der Waals surface area contributed by atoms with Crippen molar-refractivity contribution < 1.29 is 9.59 Å². The summed E-state index contributed by atoms with van der Waals surface area (Å²) in [5.41, 5.74) is 6.15. The van der Waals surface area contributed by atoms with Crippen molar-refractivity contribution >= 4 is 27.9 Å². The summed E-state index contributed by atoms with van der Waals surface area (Å²) in [6, 6.07) is 6.56. The maximum Gasteiger partial charge on any atom is 0.312 e. The molecular weight excluding hydrogens is 358 g/mol. The maximum absolute atomic E-state index is 12.6. The normalized spacial score (nSPS) is 19.7. The van der Waals surface area contributed by atoms with Crippen LogP contribution >= 0.6 is 15.9 Å². The van der Waals surface area contributed by atoms with Crippen molar-refractivity contribution in [3.8, 4) is 0 Å². The zero-order valence-electron chi connectivity index (χ0n) is 13.4. The number of nitrogens with one attached hydrogen (secondary N) is 1. The number of carbonyl (C=O) groups excluding carboxylic acids is 2. The first-order valence-electron chi connectivity index (χ1n) is 8.05. The lowest BCUT2D eigenvalue weighted by Crippen LogP contribution is -2.38. The Morgan fingerprint density at radius 1 is 1.39 bits per heavy atom. The van der Waals surface area contributed by atoms with Gasteiger partial charge in [-0.1, -0.05) is 35.0 Å². The summed E-state index contributed by atoms with van der Waals surface area (Å²) in [7, 11) is 0. The molecule has 0 radical (unpaired) electrons. The lowest BCUT2D eigenvalue weighted by atomic mass is 10.0. The lowest BCUT2D eigenvalue weighted by Gasteiger charge is -2.24. The molecule has 1 aliphatic rings. The standard InChI is InChI=1S/C17H24BrN3O2/c1-12-4-3-8-21(9-7-12)16(22)11-15(20-17(19)23)13-5-2-6-14(18)10-13/h2,5-6,10,12,15H,3-4,7-9,11H2,1H3,(H3,19,20,23)/t12-,15-/m1/s1. The molecule has 1 fully saturated rings. The van der Waals surface area contributed by atoms with E-state index in [9.17, 15) is 9.59 Å². The molecule has 126 valence electrons. The summed E-state index contributed by atoms with van der Waals surface area (Å²) in [6.45, 7) is 3.82. The molecule has 1 aromatic carbocycles. The fourth-order valence-electron chi connectivity index (χ4n) is 2.96. The summed E-state index contributed by atoms with van der Waals surface area (Å²) in [4.78, 5) is 25.8. The number of nitrogens with two attached hydrogens (primary N) is 1. The van der Waals surface area contributed by atoms with E-state index < -0.39 is 12.1 Å². The molecule has 23 heavy (non-hydrogen) atoms. The Kier molecular flexibility index (Phi) is 6.45. The predicted octanol–water partition coefficient (Wildman–Crippen LogP) is 3.20. The predicted molar refractivity (Wildman–Crippen MR) is 93.8 cm³/mol. The van der Waals surface area contributed by atoms with Crippen LogP contribution in [-0.2, 0) is 4.79 Å². The Labute approximate surface area is 145 Å². The third kappa shape index (κ3) is 5.53. The highest BCUT2D eigenvalue weighted by Gasteiger charge is 2.23. The number of amides is 3. The van der Waals surface area contributed by atoms with Gasteiger partial charge in [0.05, 0.1) is 12.5 Å². The minimum atomic E-state index is -0.618. The Morgan fingerprint density at radius 3 is 2.87 bits per heavy atom. The molecule has 0 saturated carbocycles. The molecule has 3 N–H and O–H groups in total. The van der Waals surface area contributed by atoms with Crippen LogP contribution in [0.5, 0.6) is 0 Å². The third-order valence-electron chi connectivity index (χ3n) is 4.32. The first-order valence-corrected chi connectivity index (χ1v) is 8.84. The van der Waals surface area contributed by atoms with Crippen LogP contribution in [0, 0.1) is 5.92 Å². The van der Waals surface area contributed by atoms with E-state index in [1.165, 1.54) is 6.42 Å². The van der Waals surface area contributed by atoms with Crippen molar-refractivity contribution in [3.63, 3.8) is 0 Å². The maximum atomic E-state index is 12.6. The number of urea groups is 1. The van der Waals surface area contributed by atoms with Gasteiger partial charge >= 0.3 is 6.03 Å². The zero-order chi connectivity index (χ0) is 16.8. The first-order chi connectivity index (χ1) is 11.0. The highest BCUT2D eigenvalue weighted by molar-refractivity contribution is 9.10. The summed E-state index contributed by atoms with van der Waals surface area (Å²) in [6.07, 6.45) is 3.47. The van der Waals surface area contributed by atoms with Crippen LogP contribution in [0.3, 0.4) is 0 Å². The molecule has 2 atom stereocenters. The van der Waals surface area contributed by atoms with Gasteiger partial charge in [0.1, 0.15) is 0 Å². The topological polar surface area (TPSA) is 75.4 Å². The van der Waals surface area contributed by atoms with Gasteiger partial charge < -0.3 is 16.0 Å². The molecule has 0 aromatic heterocycles. The van der Waals surface area contributed by atoms with Crippen LogP contribution in [-0.4, -0.2) is 29.9 Å². The second kappa shape index (κ2) is 8.34. The molecule has 0 bridgehead atoms. The van der Waals surface area contributed by atoms with E-state index in [2.05, 4.69) is 28.2 Å². The number of rotatable bonds is 4. The second-order valence-electron chi connectivity index (χ2n) is 6.24. The molecule has 1 heterocycles. The molecule has 1 aromatic rings. The second-order valence-corrected chi connectivity index (χ2v) is 7.15. The number of hydrogen-bond acceptors (Lipinski definition) is 2. The van der Waals surface area contributed by atoms with E-state index in [4.69, 9.17) is 5.73 Å². The number of nitrogens with zero attached hydrogens (tertiary/aromatic N) is 1. The van der Waals surface area contributed by atoms with E-state index in [1.807, 2.05) is 29.2 Å².